The van der Waals surface area contributed by atoms with E-state index >= 15 is 0 Å². The van der Waals surface area contributed by atoms with E-state index in [-0.39, 0.29) is 40.1 Å². The van der Waals surface area contributed by atoms with Crippen LogP contribution in [0.3, 0.4) is 0 Å². The molecule has 0 aliphatic carbocycles. The zero-order valence-electron chi connectivity index (χ0n) is 16.7. The van der Waals surface area contributed by atoms with E-state index in [1.54, 1.807) is 30.6 Å². The molecule has 0 aliphatic heterocycles. The lowest BCUT2D eigenvalue weighted by Crippen LogP contribution is -2.12. The number of hydrogen-bond donors (Lipinski definition) is 3. The number of aromatic amines is 1. The number of benzene rings is 1. The molecule has 3 aromatic heterocycles. The second-order valence-electron chi connectivity index (χ2n) is 6.71. The van der Waals surface area contributed by atoms with E-state index in [1.807, 2.05) is 6.92 Å². The second-order valence-corrected chi connectivity index (χ2v) is 8.22. The lowest BCUT2D eigenvalue weighted by molar-refractivity contribution is -0.0494. The monoisotopic (exact) mass is 460 g/mol. The van der Waals surface area contributed by atoms with Crippen molar-refractivity contribution in [3.8, 4) is 17.0 Å². The molecule has 0 aliphatic rings. The molecular weight excluding hydrogens is 442 g/mol. The molecule has 0 fully saturated rings. The summed E-state index contributed by atoms with van der Waals surface area (Å²) in [5.74, 6) is -0.574. The number of carbonyl (C=O) groups excluding carboxylic acids is 1. The minimum absolute atomic E-state index is 0.0473. The molecule has 0 bridgehead atoms. The van der Waals surface area contributed by atoms with E-state index in [4.69, 9.17) is 0 Å². The largest absolute Gasteiger partial charge is 0.434 e. The van der Waals surface area contributed by atoms with Gasteiger partial charge in [-0.05, 0) is 24.3 Å². The highest BCUT2D eigenvalue weighted by molar-refractivity contribution is 8.00. The SMILES string of the molecule is CC(CO)Sc1ccc(OC(F)F)c(-c2[nH]ncc2NC(=O)c2cnn3cccnc23)c1. The Bertz CT molecular complexity index is 1250. The van der Waals surface area contributed by atoms with Crippen LogP contribution in [0.5, 0.6) is 5.75 Å². The zero-order chi connectivity index (χ0) is 22.7. The molecule has 1 amide bonds. The van der Waals surface area contributed by atoms with Crippen LogP contribution in [-0.4, -0.2) is 54.3 Å². The fraction of sp³-hybridized carbons (Fsp3) is 0.200. The molecule has 0 saturated carbocycles. The summed E-state index contributed by atoms with van der Waals surface area (Å²) in [5.41, 5.74) is 1.45. The molecule has 12 heteroatoms. The molecule has 9 nitrogen and oxygen atoms in total. The summed E-state index contributed by atoms with van der Waals surface area (Å²) in [4.78, 5) is 17.7. The number of thioether (sulfide) groups is 1. The molecule has 4 rings (SSSR count). The number of halogens is 2. The number of fused-ring (bicyclic) bond motifs is 1. The van der Waals surface area contributed by atoms with Gasteiger partial charge in [0.25, 0.3) is 5.91 Å². The molecule has 1 atom stereocenters. The summed E-state index contributed by atoms with van der Waals surface area (Å²) in [6, 6.07) is 6.35. The average Bonchev–Trinajstić information content (AvgIpc) is 3.41. The van der Waals surface area contributed by atoms with Gasteiger partial charge in [-0.2, -0.15) is 19.0 Å². The Hall–Kier alpha value is -3.51. The van der Waals surface area contributed by atoms with Gasteiger partial charge in [0.15, 0.2) is 5.65 Å². The Morgan fingerprint density at radius 3 is 3.00 bits per heavy atom. The van der Waals surface area contributed by atoms with E-state index in [1.165, 1.54) is 34.7 Å². The normalized spacial score (nSPS) is 12.3. The van der Waals surface area contributed by atoms with Gasteiger partial charge in [-0.25, -0.2) is 9.50 Å². The number of hydrogen-bond acceptors (Lipinski definition) is 7. The third-order valence-corrected chi connectivity index (χ3v) is 5.52. The van der Waals surface area contributed by atoms with E-state index in [9.17, 15) is 18.7 Å². The number of aliphatic hydroxyl groups excluding tert-OH is 1. The third kappa shape index (κ3) is 4.55. The number of anilines is 1. The highest BCUT2D eigenvalue weighted by Gasteiger charge is 2.21. The number of carbonyl (C=O) groups is 1. The number of nitrogens with one attached hydrogen (secondary N) is 2. The summed E-state index contributed by atoms with van der Waals surface area (Å²) >= 11 is 1.37. The fourth-order valence-corrected chi connectivity index (χ4v) is 3.88. The summed E-state index contributed by atoms with van der Waals surface area (Å²) in [6.45, 7) is -1.25. The Balaban J connectivity index is 1.68. The van der Waals surface area contributed by atoms with Crippen molar-refractivity contribution in [1.29, 1.82) is 0 Å². The molecule has 0 saturated heterocycles. The van der Waals surface area contributed by atoms with Crippen molar-refractivity contribution in [1.82, 2.24) is 24.8 Å². The lowest BCUT2D eigenvalue weighted by Gasteiger charge is -2.14. The molecule has 1 unspecified atom stereocenters. The maximum absolute atomic E-state index is 13.0. The van der Waals surface area contributed by atoms with Gasteiger partial charge in [0.05, 0.1) is 30.4 Å². The zero-order valence-corrected chi connectivity index (χ0v) is 17.5. The Labute approximate surface area is 184 Å². The Morgan fingerprint density at radius 2 is 2.22 bits per heavy atom. The van der Waals surface area contributed by atoms with E-state index in [2.05, 4.69) is 30.3 Å². The van der Waals surface area contributed by atoms with Gasteiger partial charge in [0.2, 0.25) is 0 Å². The van der Waals surface area contributed by atoms with Crippen LogP contribution in [0, 0.1) is 0 Å². The number of nitrogens with zero attached hydrogens (tertiary/aromatic N) is 4. The van der Waals surface area contributed by atoms with Crippen molar-refractivity contribution in [2.45, 2.75) is 23.7 Å². The van der Waals surface area contributed by atoms with Crippen molar-refractivity contribution in [3.63, 3.8) is 0 Å². The molecule has 3 N–H and O–H groups in total. The van der Waals surface area contributed by atoms with Crippen LogP contribution >= 0.6 is 11.8 Å². The predicted molar refractivity (Wildman–Crippen MR) is 114 cm³/mol. The molecule has 3 heterocycles. The quantitative estimate of drug-likeness (QED) is 0.345. The fourth-order valence-electron chi connectivity index (χ4n) is 3.01. The van der Waals surface area contributed by atoms with E-state index in [0.29, 0.717) is 5.65 Å². The topological polar surface area (TPSA) is 117 Å². The van der Waals surface area contributed by atoms with Crippen molar-refractivity contribution >= 4 is 29.0 Å². The van der Waals surface area contributed by atoms with E-state index < -0.39 is 12.5 Å². The van der Waals surface area contributed by atoms with Gasteiger partial charge in [0.1, 0.15) is 11.3 Å². The highest BCUT2D eigenvalue weighted by atomic mass is 32.2. The summed E-state index contributed by atoms with van der Waals surface area (Å²) in [6.07, 6.45) is 5.96. The van der Waals surface area contributed by atoms with Crippen LogP contribution < -0.4 is 10.1 Å². The standard InChI is InChI=1S/C20H18F2N6O3S/c1-11(10-29)32-12-3-4-16(31-20(21)22)13(7-12)17-15(9-24-27-17)26-19(30)14-8-25-28-6-2-5-23-18(14)28/h2-9,11,20,29H,10H2,1H3,(H,24,27)(H,26,30). The highest BCUT2D eigenvalue weighted by Crippen LogP contribution is 2.38. The molecular formula is C20H18F2N6O3S. The Kier molecular flexibility index (Phi) is 6.32. The minimum atomic E-state index is -3.03. The molecule has 166 valence electrons. The van der Waals surface area contributed by atoms with Gasteiger partial charge in [-0.15, -0.1) is 11.8 Å². The van der Waals surface area contributed by atoms with Gasteiger partial charge < -0.3 is 15.2 Å². The smallest absolute Gasteiger partial charge is 0.387 e. The van der Waals surface area contributed by atoms with Crippen LogP contribution in [0.25, 0.3) is 16.9 Å². The average molecular weight is 460 g/mol. The van der Waals surface area contributed by atoms with Gasteiger partial charge >= 0.3 is 6.61 Å². The first-order chi connectivity index (χ1) is 15.5. The molecule has 0 radical (unpaired) electrons. The van der Waals surface area contributed by atoms with Crippen LogP contribution in [0.2, 0.25) is 0 Å². The number of rotatable bonds is 8. The maximum Gasteiger partial charge on any atom is 0.387 e. The first-order valence-corrected chi connectivity index (χ1v) is 10.3. The Morgan fingerprint density at radius 1 is 1.38 bits per heavy atom. The summed E-state index contributed by atoms with van der Waals surface area (Å²) < 4.78 is 32.1. The van der Waals surface area contributed by atoms with Gasteiger partial charge in [-0.1, -0.05) is 6.92 Å². The van der Waals surface area contributed by atoms with Crippen LogP contribution in [0.1, 0.15) is 17.3 Å². The van der Waals surface area contributed by atoms with Crippen LogP contribution in [-0.2, 0) is 0 Å². The number of H-pyrrole nitrogens is 1. The van der Waals surface area contributed by atoms with Crippen molar-refractivity contribution in [2.24, 2.45) is 0 Å². The summed E-state index contributed by atoms with van der Waals surface area (Å²) in [5, 5.41) is 22.7. The molecule has 32 heavy (non-hydrogen) atoms. The van der Waals surface area contributed by atoms with Crippen LogP contribution in [0.15, 0.2) is 53.9 Å². The van der Waals surface area contributed by atoms with Gasteiger partial charge in [0, 0.05) is 28.1 Å². The second kappa shape index (κ2) is 9.32. The number of alkyl halides is 2. The summed E-state index contributed by atoms with van der Waals surface area (Å²) in [7, 11) is 0. The molecule has 0 spiro atoms. The first kappa shape index (κ1) is 21.7. The predicted octanol–water partition coefficient (Wildman–Crippen LogP) is 3.45. The van der Waals surface area contributed by atoms with Crippen molar-refractivity contribution in [3.05, 3.63) is 54.6 Å². The number of amides is 1. The lowest BCUT2D eigenvalue weighted by atomic mass is 10.1. The number of aromatic nitrogens is 5. The van der Waals surface area contributed by atoms with Crippen molar-refractivity contribution in [2.75, 3.05) is 11.9 Å². The third-order valence-electron chi connectivity index (χ3n) is 4.44. The minimum Gasteiger partial charge on any atom is -0.434 e. The molecule has 1 aromatic carbocycles. The maximum atomic E-state index is 13.0. The van der Waals surface area contributed by atoms with E-state index in [0.717, 1.165) is 4.90 Å². The number of ether oxygens (including phenoxy) is 1. The van der Waals surface area contributed by atoms with Crippen molar-refractivity contribution < 1.29 is 23.4 Å². The van der Waals surface area contributed by atoms with Gasteiger partial charge in [-0.3, -0.25) is 9.89 Å². The first-order valence-electron chi connectivity index (χ1n) is 9.46. The number of aliphatic hydroxyl groups is 1. The molecule has 4 aromatic rings. The van der Waals surface area contributed by atoms with Crippen LogP contribution in [0.4, 0.5) is 14.5 Å².